The molecular weight excluding hydrogens is 352 g/mol. The molecule has 0 saturated carbocycles. The molecule has 0 bridgehead atoms. The lowest BCUT2D eigenvalue weighted by molar-refractivity contribution is -0.145. The number of rotatable bonds is 9. The van der Waals surface area contributed by atoms with E-state index < -0.39 is 5.41 Å². The molecule has 0 fully saturated rings. The van der Waals surface area contributed by atoms with E-state index >= 15 is 0 Å². The molecule has 0 N–H and O–H groups in total. The molecule has 150 valence electrons. The number of nitrogens with zero attached hydrogens (tertiary/aromatic N) is 2. The summed E-state index contributed by atoms with van der Waals surface area (Å²) in [6.07, 6.45) is 3.99. The lowest BCUT2D eigenvalue weighted by atomic mass is 9.94. The van der Waals surface area contributed by atoms with Crippen LogP contribution in [0.4, 0.5) is 0 Å². The summed E-state index contributed by atoms with van der Waals surface area (Å²) in [6, 6.07) is 13.7. The number of carbonyl (C=O) groups excluding carboxylic acids is 2. The van der Waals surface area contributed by atoms with Gasteiger partial charge in [-0.15, -0.1) is 6.58 Å². The quantitative estimate of drug-likeness (QED) is 0.618. The first-order chi connectivity index (χ1) is 13.3. The number of hydrogen-bond donors (Lipinski definition) is 0. The molecule has 2 amide bonds. The maximum absolute atomic E-state index is 13.1. The van der Waals surface area contributed by atoms with E-state index in [1.807, 2.05) is 63.2 Å². The molecule has 0 atom stereocenters. The van der Waals surface area contributed by atoms with Crippen LogP contribution in [0.2, 0.25) is 0 Å². The molecule has 0 aliphatic rings. The first-order valence-electron chi connectivity index (χ1n) is 9.55. The summed E-state index contributed by atoms with van der Waals surface area (Å²) >= 11 is 0. The van der Waals surface area contributed by atoms with E-state index in [1.165, 1.54) is 0 Å². The third-order valence-corrected chi connectivity index (χ3v) is 4.40. The van der Waals surface area contributed by atoms with E-state index in [0.29, 0.717) is 19.6 Å². The third-order valence-electron chi connectivity index (χ3n) is 4.40. The smallest absolute Gasteiger partial charge is 0.242 e. The van der Waals surface area contributed by atoms with Gasteiger partial charge in [0.1, 0.15) is 12.3 Å². The fourth-order valence-electron chi connectivity index (χ4n) is 2.90. The van der Waals surface area contributed by atoms with Crippen LogP contribution in [0.15, 0.2) is 65.8 Å². The van der Waals surface area contributed by atoms with Gasteiger partial charge in [0.2, 0.25) is 11.8 Å². The molecule has 0 aliphatic heterocycles. The maximum Gasteiger partial charge on any atom is 0.242 e. The van der Waals surface area contributed by atoms with Gasteiger partial charge in [-0.25, -0.2) is 0 Å². The van der Waals surface area contributed by atoms with Gasteiger partial charge in [-0.05, 0) is 24.1 Å². The van der Waals surface area contributed by atoms with Crippen molar-refractivity contribution >= 4 is 11.8 Å². The van der Waals surface area contributed by atoms with Crippen molar-refractivity contribution in [3.63, 3.8) is 0 Å². The van der Waals surface area contributed by atoms with Gasteiger partial charge in [0.25, 0.3) is 0 Å². The van der Waals surface area contributed by atoms with Crippen LogP contribution < -0.4 is 0 Å². The highest BCUT2D eigenvalue weighted by atomic mass is 16.3. The number of furan rings is 1. The van der Waals surface area contributed by atoms with Crippen LogP contribution in [0, 0.1) is 5.41 Å². The molecular formula is C23H30N2O3. The molecule has 0 radical (unpaired) electrons. The average Bonchev–Trinajstić information content (AvgIpc) is 3.17. The second kappa shape index (κ2) is 9.93. The first-order valence-corrected chi connectivity index (χ1v) is 9.55. The van der Waals surface area contributed by atoms with E-state index in [2.05, 4.69) is 6.58 Å². The average molecular weight is 383 g/mol. The highest BCUT2D eigenvalue weighted by Crippen LogP contribution is 2.18. The molecule has 0 saturated heterocycles. The predicted octanol–water partition coefficient (Wildman–Crippen LogP) is 3.91. The molecule has 1 aromatic carbocycles. The Kier molecular flexibility index (Phi) is 7.61. The second-order valence-electron chi connectivity index (χ2n) is 7.85. The maximum atomic E-state index is 13.1. The molecule has 1 aromatic heterocycles. The van der Waals surface area contributed by atoms with Crippen molar-refractivity contribution < 1.29 is 14.0 Å². The molecule has 5 heteroatoms. The van der Waals surface area contributed by atoms with E-state index in [0.717, 1.165) is 17.7 Å². The van der Waals surface area contributed by atoms with Gasteiger partial charge in [0.15, 0.2) is 0 Å². The van der Waals surface area contributed by atoms with E-state index in [9.17, 15) is 9.59 Å². The summed E-state index contributed by atoms with van der Waals surface area (Å²) in [4.78, 5) is 29.1. The van der Waals surface area contributed by atoms with Gasteiger partial charge in [0, 0.05) is 18.5 Å². The van der Waals surface area contributed by atoms with Crippen LogP contribution in [-0.2, 0) is 22.6 Å². The summed E-state index contributed by atoms with van der Waals surface area (Å²) in [5.41, 5.74) is 0.604. The van der Waals surface area contributed by atoms with E-state index in [-0.39, 0.29) is 18.4 Å². The van der Waals surface area contributed by atoms with Crippen LogP contribution in [0.25, 0.3) is 0 Å². The molecule has 0 aliphatic carbocycles. The van der Waals surface area contributed by atoms with E-state index in [4.69, 9.17) is 4.42 Å². The van der Waals surface area contributed by atoms with Crippen LogP contribution in [-0.4, -0.2) is 41.2 Å². The third kappa shape index (κ3) is 6.41. The predicted molar refractivity (Wildman–Crippen MR) is 111 cm³/mol. The number of hydrogen-bond acceptors (Lipinski definition) is 3. The summed E-state index contributed by atoms with van der Waals surface area (Å²) in [6.45, 7) is 10.6. The van der Waals surface area contributed by atoms with Gasteiger partial charge in [-0.2, -0.15) is 0 Å². The molecule has 0 unspecified atom stereocenters. The van der Waals surface area contributed by atoms with E-state index in [1.54, 1.807) is 22.1 Å². The second-order valence-corrected chi connectivity index (χ2v) is 7.85. The fourth-order valence-corrected chi connectivity index (χ4v) is 2.90. The Balaban J connectivity index is 2.11. The van der Waals surface area contributed by atoms with Crippen LogP contribution in [0.1, 0.15) is 32.1 Å². The summed E-state index contributed by atoms with van der Waals surface area (Å²) in [7, 11) is 0. The summed E-state index contributed by atoms with van der Waals surface area (Å²) < 4.78 is 5.43. The van der Waals surface area contributed by atoms with Crippen molar-refractivity contribution in [2.45, 2.75) is 33.7 Å². The zero-order valence-corrected chi connectivity index (χ0v) is 17.1. The van der Waals surface area contributed by atoms with Gasteiger partial charge in [0.05, 0.1) is 12.8 Å². The van der Waals surface area contributed by atoms with Crippen molar-refractivity contribution in [3.05, 3.63) is 72.7 Å². The van der Waals surface area contributed by atoms with Gasteiger partial charge < -0.3 is 14.2 Å². The summed E-state index contributed by atoms with van der Waals surface area (Å²) in [5.74, 6) is 0.548. The zero-order valence-electron chi connectivity index (χ0n) is 17.1. The SMILES string of the molecule is C=CCN(CC(=O)N(CCc1ccccc1)Cc1ccco1)C(=O)C(C)(C)C. The van der Waals surface area contributed by atoms with Crippen molar-refractivity contribution in [2.75, 3.05) is 19.6 Å². The van der Waals surface area contributed by atoms with Gasteiger partial charge >= 0.3 is 0 Å². The lowest BCUT2D eigenvalue weighted by Crippen LogP contribution is -2.46. The molecule has 28 heavy (non-hydrogen) atoms. The Labute approximate surface area is 167 Å². The van der Waals surface area contributed by atoms with Crippen LogP contribution >= 0.6 is 0 Å². The van der Waals surface area contributed by atoms with Crippen molar-refractivity contribution in [1.82, 2.24) is 9.80 Å². The Hall–Kier alpha value is -2.82. The molecule has 2 rings (SSSR count). The normalized spacial score (nSPS) is 11.1. The minimum atomic E-state index is -0.556. The van der Waals surface area contributed by atoms with Gasteiger partial charge in [-0.3, -0.25) is 9.59 Å². The molecule has 1 heterocycles. The monoisotopic (exact) mass is 382 g/mol. The van der Waals surface area contributed by atoms with Crippen LogP contribution in [0.5, 0.6) is 0 Å². The highest BCUT2D eigenvalue weighted by Gasteiger charge is 2.29. The molecule has 0 spiro atoms. The Morgan fingerprint density at radius 1 is 1.07 bits per heavy atom. The fraction of sp³-hybridized carbons (Fsp3) is 0.391. The number of amides is 2. The van der Waals surface area contributed by atoms with Crippen molar-refractivity contribution in [2.24, 2.45) is 5.41 Å². The molecule has 5 nitrogen and oxygen atoms in total. The largest absolute Gasteiger partial charge is 0.467 e. The number of carbonyl (C=O) groups is 2. The zero-order chi connectivity index (χ0) is 20.6. The van der Waals surface area contributed by atoms with Crippen molar-refractivity contribution in [1.29, 1.82) is 0 Å². The minimum absolute atomic E-state index is 0.0254. The Morgan fingerprint density at radius 2 is 1.79 bits per heavy atom. The molecule has 2 aromatic rings. The van der Waals surface area contributed by atoms with Crippen molar-refractivity contribution in [3.8, 4) is 0 Å². The highest BCUT2D eigenvalue weighted by molar-refractivity contribution is 5.87. The van der Waals surface area contributed by atoms with Crippen LogP contribution in [0.3, 0.4) is 0 Å². The Bertz CT molecular complexity index is 761. The summed E-state index contributed by atoms with van der Waals surface area (Å²) in [5, 5.41) is 0. The minimum Gasteiger partial charge on any atom is -0.467 e. The lowest BCUT2D eigenvalue weighted by Gasteiger charge is -2.30. The Morgan fingerprint density at radius 3 is 2.36 bits per heavy atom. The standard InChI is InChI=1S/C23H30N2O3/c1-5-14-25(22(27)23(2,3)4)18-21(26)24(17-20-12-9-16-28-20)15-13-19-10-7-6-8-11-19/h5-12,16H,1,13-15,17-18H2,2-4H3. The topological polar surface area (TPSA) is 53.8 Å². The first kappa shape index (κ1) is 21.5. The number of benzene rings is 1. The van der Waals surface area contributed by atoms with Gasteiger partial charge in [-0.1, -0.05) is 57.2 Å².